The van der Waals surface area contributed by atoms with E-state index in [9.17, 15) is 8.78 Å². The predicted octanol–water partition coefficient (Wildman–Crippen LogP) is 2.16. The molecule has 3 N–H and O–H groups in total. The highest BCUT2D eigenvalue weighted by Gasteiger charge is 2.28. The molecule has 1 fully saturated rings. The maximum Gasteiger partial charge on any atom is 0.182 e. The Kier molecular flexibility index (Phi) is 4.71. The molecule has 1 aromatic carbocycles. The average Bonchev–Trinajstić information content (AvgIpc) is 2.36. The molecule has 5 heteroatoms. The Balaban J connectivity index is 2.27. The molecule has 1 aliphatic carbocycles. The van der Waals surface area contributed by atoms with Crippen molar-refractivity contribution < 1.29 is 13.9 Å². The largest absolute Gasteiger partial charge is 0.396 e. The maximum atomic E-state index is 14.1. The molecule has 0 amide bonds. The number of benzene rings is 1. The maximum absolute atomic E-state index is 14.1. The van der Waals surface area contributed by atoms with Gasteiger partial charge in [-0.25, -0.2) is 8.78 Å². The van der Waals surface area contributed by atoms with E-state index in [-0.39, 0.29) is 30.4 Å². The minimum atomic E-state index is -0.853. The van der Waals surface area contributed by atoms with Crippen LogP contribution in [-0.4, -0.2) is 24.3 Å². The first-order valence-corrected chi connectivity index (χ1v) is 6.73. The van der Waals surface area contributed by atoms with E-state index < -0.39 is 11.6 Å². The van der Waals surface area contributed by atoms with Gasteiger partial charge in [0.15, 0.2) is 11.6 Å². The van der Waals surface area contributed by atoms with Crippen LogP contribution in [0.25, 0.3) is 0 Å². The highest BCUT2D eigenvalue weighted by atomic mass is 19.2. The van der Waals surface area contributed by atoms with Gasteiger partial charge in [-0.2, -0.15) is 0 Å². The lowest BCUT2D eigenvalue weighted by molar-refractivity contribution is 0.282. The van der Waals surface area contributed by atoms with Gasteiger partial charge in [-0.1, -0.05) is 6.07 Å². The first-order valence-electron chi connectivity index (χ1n) is 6.73. The molecule has 0 atom stereocenters. The number of aliphatic hydroxyl groups excluding tert-OH is 1. The van der Waals surface area contributed by atoms with Gasteiger partial charge >= 0.3 is 0 Å². The molecule has 0 unspecified atom stereocenters. The Bertz CT molecular complexity index is 436. The van der Waals surface area contributed by atoms with Crippen molar-refractivity contribution in [3.63, 3.8) is 0 Å². The summed E-state index contributed by atoms with van der Waals surface area (Å²) in [7, 11) is 0. The second-order valence-electron chi connectivity index (χ2n) is 4.93. The van der Waals surface area contributed by atoms with Gasteiger partial charge in [0.1, 0.15) is 0 Å². The minimum absolute atomic E-state index is 0.0108. The highest BCUT2D eigenvalue weighted by Crippen LogP contribution is 2.32. The summed E-state index contributed by atoms with van der Waals surface area (Å²) in [5, 5.41) is 8.93. The minimum Gasteiger partial charge on any atom is -0.396 e. The summed E-state index contributed by atoms with van der Waals surface area (Å²) in [4.78, 5) is 1.87. The number of hydrogen-bond acceptors (Lipinski definition) is 3. The number of anilines is 1. The Morgan fingerprint density at radius 1 is 1.26 bits per heavy atom. The highest BCUT2D eigenvalue weighted by molar-refractivity contribution is 5.51. The van der Waals surface area contributed by atoms with Crippen molar-refractivity contribution in [2.75, 3.05) is 18.1 Å². The lowest BCUT2D eigenvalue weighted by atomic mass is 9.90. The monoisotopic (exact) mass is 270 g/mol. The Morgan fingerprint density at radius 2 is 2.00 bits per heavy atom. The molecule has 1 aromatic rings. The Hall–Kier alpha value is -1.20. The lowest BCUT2D eigenvalue weighted by Gasteiger charge is -2.39. The SMILES string of the molecule is NCc1ccc(N(CCCO)C2CCC2)c(F)c1F. The van der Waals surface area contributed by atoms with Crippen LogP contribution in [0.1, 0.15) is 31.2 Å². The Labute approximate surface area is 112 Å². The molecule has 2 rings (SSSR count). The summed E-state index contributed by atoms with van der Waals surface area (Å²) in [6.07, 6.45) is 3.65. The molecule has 0 spiro atoms. The van der Waals surface area contributed by atoms with Crippen LogP contribution in [0.2, 0.25) is 0 Å². The van der Waals surface area contributed by atoms with E-state index >= 15 is 0 Å². The molecule has 0 saturated heterocycles. The van der Waals surface area contributed by atoms with Crippen LogP contribution in [0.3, 0.4) is 0 Å². The zero-order valence-electron chi connectivity index (χ0n) is 10.9. The molecule has 0 aromatic heterocycles. The lowest BCUT2D eigenvalue weighted by Crippen LogP contribution is -2.41. The average molecular weight is 270 g/mol. The summed E-state index contributed by atoms with van der Waals surface area (Å²) >= 11 is 0. The van der Waals surface area contributed by atoms with E-state index in [1.54, 1.807) is 12.1 Å². The fourth-order valence-corrected chi connectivity index (χ4v) is 2.40. The van der Waals surface area contributed by atoms with Crippen LogP contribution >= 0.6 is 0 Å². The smallest absolute Gasteiger partial charge is 0.182 e. The first kappa shape index (κ1) is 14.2. The van der Waals surface area contributed by atoms with Crippen LogP contribution in [0.5, 0.6) is 0 Å². The van der Waals surface area contributed by atoms with Gasteiger partial charge in [-0.05, 0) is 31.7 Å². The molecule has 0 aliphatic heterocycles. The van der Waals surface area contributed by atoms with Crippen molar-refractivity contribution in [3.8, 4) is 0 Å². The number of hydrogen-bond donors (Lipinski definition) is 2. The van der Waals surface area contributed by atoms with Gasteiger partial charge in [-0.15, -0.1) is 0 Å². The fraction of sp³-hybridized carbons (Fsp3) is 0.571. The third-order valence-electron chi connectivity index (χ3n) is 3.74. The van der Waals surface area contributed by atoms with Gasteiger partial charge in [-0.3, -0.25) is 0 Å². The van der Waals surface area contributed by atoms with Crippen molar-refractivity contribution in [3.05, 3.63) is 29.3 Å². The third-order valence-corrected chi connectivity index (χ3v) is 3.74. The topological polar surface area (TPSA) is 49.5 Å². The number of aliphatic hydroxyl groups is 1. The van der Waals surface area contributed by atoms with Crippen molar-refractivity contribution >= 4 is 5.69 Å². The van der Waals surface area contributed by atoms with Gasteiger partial charge in [0, 0.05) is 31.3 Å². The van der Waals surface area contributed by atoms with Crippen molar-refractivity contribution in [2.45, 2.75) is 38.3 Å². The van der Waals surface area contributed by atoms with Crippen LogP contribution < -0.4 is 10.6 Å². The fourth-order valence-electron chi connectivity index (χ4n) is 2.40. The number of nitrogens with two attached hydrogens (primary N) is 1. The molecule has 0 heterocycles. The van der Waals surface area contributed by atoms with E-state index in [4.69, 9.17) is 10.8 Å². The molecule has 0 bridgehead atoms. The number of nitrogens with zero attached hydrogens (tertiary/aromatic N) is 1. The summed E-state index contributed by atoms with van der Waals surface area (Å²) in [5.74, 6) is -1.68. The van der Waals surface area contributed by atoms with Crippen LogP contribution in [-0.2, 0) is 6.54 Å². The van der Waals surface area contributed by atoms with Gasteiger partial charge in [0.2, 0.25) is 0 Å². The number of halogens is 2. The predicted molar refractivity (Wildman–Crippen MR) is 70.9 cm³/mol. The number of rotatable bonds is 6. The first-order chi connectivity index (χ1) is 9.19. The summed E-state index contributed by atoms with van der Waals surface area (Å²) in [6.45, 7) is 0.580. The van der Waals surface area contributed by atoms with E-state index in [0.29, 0.717) is 13.0 Å². The third kappa shape index (κ3) is 2.87. The second kappa shape index (κ2) is 6.30. The van der Waals surface area contributed by atoms with E-state index in [1.807, 2.05) is 4.90 Å². The quantitative estimate of drug-likeness (QED) is 0.833. The molecule has 0 radical (unpaired) electrons. The Morgan fingerprint density at radius 3 is 2.53 bits per heavy atom. The summed E-state index contributed by atoms with van der Waals surface area (Å²) in [5.41, 5.74) is 5.85. The van der Waals surface area contributed by atoms with E-state index in [2.05, 4.69) is 0 Å². The molecule has 3 nitrogen and oxygen atoms in total. The van der Waals surface area contributed by atoms with Crippen LogP contribution in [0.15, 0.2) is 12.1 Å². The van der Waals surface area contributed by atoms with Crippen molar-refractivity contribution in [1.82, 2.24) is 0 Å². The zero-order chi connectivity index (χ0) is 13.8. The van der Waals surface area contributed by atoms with Crippen LogP contribution in [0, 0.1) is 11.6 Å². The van der Waals surface area contributed by atoms with Gasteiger partial charge in [0.05, 0.1) is 5.69 Å². The van der Waals surface area contributed by atoms with Crippen LogP contribution in [0.4, 0.5) is 14.5 Å². The molecule has 106 valence electrons. The van der Waals surface area contributed by atoms with E-state index in [1.165, 1.54) is 0 Å². The van der Waals surface area contributed by atoms with E-state index in [0.717, 1.165) is 19.3 Å². The van der Waals surface area contributed by atoms with Crippen molar-refractivity contribution in [1.29, 1.82) is 0 Å². The summed E-state index contributed by atoms with van der Waals surface area (Å²) in [6, 6.07) is 3.39. The van der Waals surface area contributed by atoms with Gasteiger partial charge in [0.25, 0.3) is 0 Å². The second-order valence-corrected chi connectivity index (χ2v) is 4.93. The summed E-state index contributed by atoms with van der Waals surface area (Å²) < 4.78 is 27.9. The molecule has 1 saturated carbocycles. The van der Waals surface area contributed by atoms with Gasteiger partial charge < -0.3 is 15.7 Å². The molecular weight excluding hydrogens is 250 g/mol. The standard InChI is InChI=1S/C14H20F2N2O/c15-13-10(9-17)5-6-12(14(13)16)18(7-2-8-19)11-3-1-4-11/h5-6,11,19H,1-4,7-9,17H2. The molecular formula is C14H20F2N2O. The van der Waals surface area contributed by atoms with Crippen molar-refractivity contribution in [2.24, 2.45) is 5.73 Å². The molecule has 19 heavy (non-hydrogen) atoms. The molecule has 1 aliphatic rings. The zero-order valence-corrected chi connectivity index (χ0v) is 10.9. The normalized spacial score (nSPS) is 15.4.